The molecule has 0 saturated carbocycles. The quantitative estimate of drug-likeness (QED) is 0.117. The van der Waals surface area contributed by atoms with Crippen LogP contribution in [0.15, 0.2) is 60.7 Å². The molecule has 1 heterocycles. The highest BCUT2D eigenvalue weighted by atomic mass is 32.2. The maximum Gasteiger partial charge on any atom is 0.243 e. The molecule has 1 fully saturated rings. The number of piperidine rings is 1. The van der Waals surface area contributed by atoms with Gasteiger partial charge in [-0.1, -0.05) is 80.9 Å². The van der Waals surface area contributed by atoms with Gasteiger partial charge in [-0.05, 0) is 61.3 Å². The van der Waals surface area contributed by atoms with Gasteiger partial charge in [0.1, 0.15) is 24.2 Å². The highest BCUT2D eigenvalue weighted by Crippen LogP contribution is 2.13. The van der Waals surface area contributed by atoms with E-state index in [0.29, 0.717) is 25.0 Å². The molecule has 2 aromatic carbocycles. The lowest BCUT2D eigenvalue weighted by atomic mass is 10.0. The Balaban J connectivity index is 1.76. The topological polar surface area (TPSA) is 192 Å². The standard InChI is InChI=1S/C38H55N7O6S/c1-25(2)21-32(38(51)42-28(34(39)47)18-20-52-4)45(3)33(46)24-41-35(48)30(22-26-13-7-5-8-14-26)43-37(50)31(23-27-15-9-6-10-16-27)44-36(49)29-17-11-12-19-40-29/h5-10,13-16,25,28-32,40H,11-12,17-24H2,1-4H3,(H2,39,47)(H,41,48)(H,42,51)(H,43,50)(H,44,49)/t28-,29-,30-,31-,32-/m0/s1. The van der Waals surface area contributed by atoms with E-state index in [1.54, 1.807) is 0 Å². The molecule has 0 spiro atoms. The van der Waals surface area contributed by atoms with Gasteiger partial charge in [-0.3, -0.25) is 28.8 Å². The van der Waals surface area contributed by atoms with Crippen molar-refractivity contribution >= 4 is 47.2 Å². The summed E-state index contributed by atoms with van der Waals surface area (Å²) in [6.07, 6.45) is 5.43. The molecule has 52 heavy (non-hydrogen) atoms. The molecule has 5 atom stereocenters. The van der Waals surface area contributed by atoms with E-state index in [1.807, 2.05) is 80.8 Å². The Morgan fingerprint density at radius 2 is 1.40 bits per heavy atom. The van der Waals surface area contributed by atoms with E-state index in [1.165, 1.54) is 23.7 Å². The third kappa shape index (κ3) is 13.9. The van der Waals surface area contributed by atoms with E-state index in [4.69, 9.17) is 5.73 Å². The number of primary amides is 1. The lowest BCUT2D eigenvalue weighted by molar-refractivity contribution is -0.140. The number of benzene rings is 2. The van der Waals surface area contributed by atoms with Crippen molar-refractivity contribution in [3.05, 3.63) is 71.8 Å². The first-order valence-corrected chi connectivity index (χ1v) is 19.3. The normalized spacial score (nSPS) is 16.4. The highest BCUT2D eigenvalue weighted by Gasteiger charge is 2.33. The number of nitrogens with one attached hydrogen (secondary N) is 5. The van der Waals surface area contributed by atoms with E-state index in [0.717, 1.165) is 30.5 Å². The van der Waals surface area contributed by atoms with Gasteiger partial charge in [-0.2, -0.15) is 11.8 Å². The molecular formula is C38H55N7O6S. The minimum atomic E-state index is -1.08. The van der Waals surface area contributed by atoms with E-state index >= 15 is 0 Å². The van der Waals surface area contributed by atoms with Crippen molar-refractivity contribution < 1.29 is 28.8 Å². The predicted octanol–water partition coefficient (Wildman–Crippen LogP) is 1.30. The van der Waals surface area contributed by atoms with Gasteiger partial charge in [0.05, 0.1) is 12.6 Å². The smallest absolute Gasteiger partial charge is 0.243 e. The second-order valence-corrected chi connectivity index (χ2v) is 14.6. The van der Waals surface area contributed by atoms with Crippen molar-refractivity contribution in [3.8, 4) is 0 Å². The van der Waals surface area contributed by atoms with Gasteiger partial charge < -0.3 is 37.2 Å². The Morgan fingerprint density at radius 3 is 1.92 bits per heavy atom. The van der Waals surface area contributed by atoms with Crippen LogP contribution in [-0.4, -0.2) is 103 Å². The number of rotatable bonds is 20. The molecule has 1 aliphatic heterocycles. The average molecular weight is 738 g/mol. The average Bonchev–Trinajstić information content (AvgIpc) is 3.14. The summed E-state index contributed by atoms with van der Waals surface area (Å²) >= 11 is 1.52. The number of likely N-dealkylation sites (N-methyl/N-ethyl adjacent to an activating group) is 1. The summed E-state index contributed by atoms with van der Waals surface area (Å²) in [5, 5.41) is 14.3. The number of nitrogens with zero attached hydrogens (tertiary/aromatic N) is 1. The number of hydrogen-bond acceptors (Lipinski definition) is 8. The van der Waals surface area contributed by atoms with Crippen LogP contribution in [0.25, 0.3) is 0 Å². The summed E-state index contributed by atoms with van der Waals surface area (Å²) in [7, 11) is 1.48. The maximum atomic E-state index is 13.9. The number of hydrogen-bond donors (Lipinski definition) is 6. The van der Waals surface area contributed by atoms with Crippen molar-refractivity contribution in [3.63, 3.8) is 0 Å². The van der Waals surface area contributed by atoms with Crippen LogP contribution in [0, 0.1) is 5.92 Å². The number of carbonyl (C=O) groups is 6. The molecule has 0 bridgehead atoms. The van der Waals surface area contributed by atoms with Gasteiger partial charge in [-0.15, -0.1) is 0 Å². The molecule has 0 unspecified atom stereocenters. The molecule has 2 aromatic rings. The number of carbonyl (C=O) groups excluding carboxylic acids is 6. The number of amides is 6. The lowest BCUT2D eigenvalue weighted by Gasteiger charge is -2.30. The van der Waals surface area contributed by atoms with Crippen LogP contribution >= 0.6 is 11.8 Å². The molecule has 0 aromatic heterocycles. The molecule has 6 amide bonds. The first kappa shape index (κ1) is 42.0. The zero-order valence-electron chi connectivity index (χ0n) is 30.7. The molecule has 0 radical (unpaired) electrons. The molecule has 7 N–H and O–H groups in total. The van der Waals surface area contributed by atoms with E-state index < -0.39 is 66.3 Å². The summed E-state index contributed by atoms with van der Waals surface area (Å²) in [6, 6.07) is 14.2. The van der Waals surface area contributed by atoms with Gasteiger partial charge >= 0.3 is 0 Å². The van der Waals surface area contributed by atoms with Gasteiger partial charge in [0.25, 0.3) is 0 Å². The maximum absolute atomic E-state index is 13.9. The van der Waals surface area contributed by atoms with Gasteiger partial charge in [0, 0.05) is 19.9 Å². The fourth-order valence-electron chi connectivity index (χ4n) is 6.00. The molecule has 1 saturated heterocycles. The van der Waals surface area contributed by atoms with E-state index in [-0.39, 0.29) is 24.7 Å². The second-order valence-electron chi connectivity index (χ2n) is 13.6. The Hall–Kier alpha value is -4.43. The van der Waals surface area contributed by atoms with Crippen LogP contribution in [0.2, 0.25) is 0 Å². The summed E-state index contributed by atoms with van der Waals surface area (Å²) < 4.78 is 0. The molecule has 0 aliphatic carbocycles. The summed E-state index contributed by atoms with van der Waals surface area (Å²) in [6.45, 7) is 4.10. The molecular weight excluding hydrogens is 683 g/mol. The molecule has 14 heteroatoms. The third-order valence-electron chi connectivity index (χ3n) is 9.00. The molecule has 1 aliphatic rings. The third-order valence-corrected chi connectivity index (χ3v) is 9.64. The largest absolute Gasteiger partial charge is 0.368 e. The first-order chi connectivity index (χ1) is 24.9. The number of thioether (sulfide) groups is 1. The fourth-order valence-corrected chi connectivity index (χ4v) is 6.47. The van der Waals surface area contributed by atoms with Crippen LogP contribution in [-0.2, 0) is 41.6 Å². The zero-order valence-corrected chi connectivity index (χ0v) is 31.5. The van der Waals surface area contributed by atoms with Crippen molar-refractivity contribution in [2.75, 3.05) is 32.1 Å². The summed E-state index contributed by atoms with van der Waals surface area (Å²) in [5.41, 5.74) is 7.15. The minimum Gasteiger partial charge on any atom is -0.368 e. The first-order valence-electron chi connectivity index (χ1n) is 17.9. The molecule has 13 nitrogen and oxygen atoms in total. The molecule has 3 rings (SSSR count). The van der Waals surface area contributed by atoms with Crippen LogP contribution in [0.1, 0.15) is 57.1 Å². The highest BCUT2D eigenvalue weighted by molar-refractivity contribution is 7.98. The SMILES string of the molecule is CSCC[C@H](NC(=O)[C@H](CC(C)C)N(C)C(=O)CNC(=O)[C@H](Cc1ccccc1)NC(=O)[C@H](Cc1ccccc1)NC(=O)[C@@H]1CCCCN1)C(N)=O. The Bertz CT molecular complexity index is 1470. The van der Waals surface area contributed by atoms with Crippen molar-refractivity contribution in [1.29, 1.82) is 0 Å². The molecule has 284 valence electrons. The lowest BCUT2D eigenvalue weighted by Crippen LogP contribution is -2.58. The Morgan fingerprint density at radius 1 is 0.827 bits per heavy atom. The monoisotopic (exact) mass is 737 g/mol. The van der Waals surface area contributed by atoms with Crippen LogP contribution < -0.4 is 32.3 Å². The zero-order chi connectivity index (χ0) is 38.0. The van der Waals surface area contributed by atoms with Gasteiger partial charge in [0.15, 0.2) is 0 Å². The van der Waals surface area contributed by atoms with Crippen LogP contribution in [0.5, 0.6) is 0 Å². The van der Waals surface area contributed by atoms with Gasteiger partial charge in [-0.25, -0.2) is 0 Å². The van der Waals surface area contributed by atoms with Crippen molar-refractivity contribution in [1.82, 2.24) is 31.5 Å². The Kier molecular flexibility index (Phi) is 17.6. The fraction of sp³-hybridized carbons (Fsp3) is 0.526. The van der Waals surface area contributed by atoms with Gasteiger partial charge in [0.2, 0.25) is 35.4 Å². The van der Waals surface area contributed by atoms with E-state index in [9.17, 15) is 28.8 Å². The van der Waals surface area contributed by atoms with Crippen molar-refractivity contribution in [2.24, 2.45) is 11.7 Å². The van der Waals surface area contributed by atoms with Crippen LogP contribution in [0.3, 0.4) is 0 Å². The predicted molar refractivity (Wildman–Crippen MR) is 203 cm³/mol. The Labute approximate surface area is 311 Å². The summed E-state index contributed by atoms with van der Waals surface area (Å²) in [5.74, 6) is -2.48. The van der Waals surface area contributed by atoms with Crippen LogP contribution in [0.4, 0.5) is 0 Å². The minimum absolute atomic E-state index is 0.0301. The van der Waals surface area contributed by atoms with Crippen molar-refractivity contribution in [2.45, 2.75) is 89.0 Å². The summed E-state index contributed by atoms with van der Waals surface area (Å²) in [4.78, 5) is 81.0. The second kappa shape index (κ2) is 21.8. The van der Waals surface area contributed by atoms with E-state index in [2.05, 4.69) is 26.6 Å². The number of nitrogens with two attached hydrogens (primary N) is 1.